The van der Waals surface area contributed by atoms with Gasteiger partial charge in [0.1, 0.15) is 0 Å². The van der Waals surface area contributed by atoms with Crippen molar-refractivity contribution >= 4 is 11.4 Å². The van der Waals surface area contributed by atoms with Gasteiger partial charge in [-0.2, -0.15) is 0 Å². The Hall–Kier alpha value is -1.82. The topological polar surface area (TPSA) is 90.4 Å². The predicted octanol–water partition coefficient (Wildman–Crippen LogP) is 1.90. The van der Waals surface area contributed by atoms with Gasteiger partial charge < -0.3 is 15.8 Å². The molecule has 98 valence electrons. The summed E-state index contributed by atoms with van der Waals surface area (Å²) in [4.78, 5) is 10.5. The number of benzene rings is 1. The van der Waals surface area contributed by atoms with Gasteiger partial charge in [0.25, 0.3) is 0 Å². The minimum absolute atomic E-state index is 0.0233. The van der Waals surface area contributed by atoms with Gasteiger partial charge in [-0.05, 0) is 31.4 Å². The summed E-state index contributed by atoms with van der Waals surface area (Å²) in [5.74, 6) is 0.272. The van der Waals surface area contributed by atoms with Crippen LogP contribution in [0.3, 0.4) is 0 Å². The van der Waals surface area contributed by atoms with Crippen molar-refractivity contribution in [2.24, 2.45) is 5.73 Å². The van der Waals surface area contributed by atoms with Crippen LogP contribution in [-0.2, 0) is 0 Å². The third-order valence-corrected chi connectivity index (χ3v) is 3.22. The number of rotatable bonds is 4. The Morgan fingerprint density at radius 1 is 1.50 bits per heavy atom. The molecule has 1 aromatic carbocycles. The molecule has 18 heavy (non-hydrogen) atoms. The van der Waals surface area contributed by atoms with Gasteiger partial charge in [0.05, 0.1) is 12.0 Å². The summed E-state index contributed by atoms with van der Waals surface area (Å²) in [6, 6.07) is 5.43. The minimum Gasteiger partial charge on any atom is -0.490 e. The Morgan fingerprint density at radius 3 is 2.83 bits per heavy atom. The van der Waals surface area contributed by atoms with Crippen molar-refractivity contribution in [2.45, 2.75) is 31.3 Å². The Kier molecular flexibility index (Phi) is 3.66. The SMILES string of the molecule is COc1ccc(NC2CCC(N)C2)cc1[N+](=O)[O-]. The molecule has 0 spiro atoms. The number of anilines is 1. The van der Waals surface area contributed by atoms with Crippen LogP contribution in [0.5, 0.6) is 5.75 Å². The number of nitrogens with two attached hydrogens (primary N) is 1. The van der Waals surface area contributed by atoms with Crippen molar-refractivity contribution in [3.8, 4) is 5.75 Å². The summed E-state index contributed by atoms with van der Waals surface area (Å²) in [5, 5.41) is 14.2. The first-order chi connectivity index (χ1) is 8.60. The maximum atomic E-state index is 10.9. The molecule has 1 aromatic rings. The molecule has 1 aliphatic carbocycles. The van der Waals surface area contributed by atoms with E-state index < -0.39 is 4.92 Å². The number of hydrogen-bond acceptors (Lipinski definition) is 5. The normalized spacial score (nSPS) is 22.8. The lowest BCUT2D eigenvalue weighted by Crippen LogP contribution is -2.20. The van der Waals surface area contributed by atoms with Crippen LogP contribution in [0.4, 0.5) is 11.4 Å². The smallest absolute Gasteiger partial charge is 0.312 e. The first kappa shape index (κ1) is 12.6. The van der Waals surface area contributed by atoms with E-state index in [9.17, 15) is 10.1 Å². The largest absolute Gasteiger partial charge is 0.490 e. The van der Waals surface area contributed by atoms with Crippen molar-refractivity contribution in [3.05, 3.63) is 28.3 Å². The van der Waals surface area contributed by atoms with E-state index in [0.717, 1.165) is 24.9 Å². The number of nitro groups is 1. The Morgan fingerprint density at radius 2 is 2.28 bits per heavy atom. The molecule has 2 atom stereocenters. The molecule has 6 heteroatoms. The molecule has 1 aliphatic rings. The zero-order valence-electron chi connectivity index (χ0n) is 10.3. The number of hydrogen-bond donors (Lipinski definition) is 2. The van der Waals surface area contributed by atoms with Crippen molar-refractivity contribution in [1.82, 2.24) is 0 Å². The molecule has 0 aromatic heterocycles. The van der Waals surface area contributed by atoms with Gasteiger partial charge in [-0.15, -0.1) is 0 Å². The average molecular weight is 251 g/mol. The third kappa shape index (κ3) is 2.70. The van der Waals surface area contributed by atoms with Gasteiger partial charge in [-0.3, -0.25) is 10.1 Å². The van der Waals surface area contributed by atoms with E-state index in [1.54, 1.807) is 12.1 Å². The highest BCUT2D eigenvalue weighted by Crippen LogP contribution is 2.31. The van der Waals surface area contributed by atoms with Crippen LogP contribution < -0.4 is 15.8 Å². The third-order valence-electron chi connectivity index (χ3n) is 3.22. The lowest BCUT2D eigenvalue weighted by atomic mass is 10.2. The Labute approximate surface area is 105 Å². The fraction of sp³-hybridized carbons (Fsp3) is 0.500. The molecule has 0 saturated heterocycles. The second-order valence-corrected chi connectivity index (χ2v) is 4.56. The molecule has 1 saturated carbocycles. The highest BCUT2D eigenvalue weighted by molar-refractivity contribution is 5.58. The molecule has 0 radical (unpaired) electrons. The molecule has 1 fully saturated rings. The summed E-state index contributed by atoms with van der Waals surface area (Å²) in [6.45, 7) is 0. The Bertz CT molecular complexity index is 450. The minimum atomic E-state index is -0.440. The maximum absolute atomic E-state index is 10.9. The van der Waals surface area contributed by atoms with Gasteiger partial charge >= 0.3 is 5.69 Å². The average Bonchev–Trinajstić information content (AvgIpc) is 2.74. The van der Waals surface area contributed by atoms with E-state index in [0.29, 0.717) is 6.04 Å². The van der Waals surface area contributed by atoms with Gasteiger partial charge in [0, 0.05) is 23.8 Å². The molecule has 0 bridgehead atoms. The van der Waals surface area contributed by atoms with Crippen molar-refractivity contribution in [2.75, 3.05) is 12.4 Å². The summed E-state index contributed by atoms with van der Waals surface area (Å²) in [6.07, 6.45) is 2.90. The first-order valence-electron chi connectivity index (χ1n) is 5.94. The van der Waals surface area contributed by atoms with Crippen LogP contribution in [0, 0.1) is 10.1 Å². The van der Waals surface area contributed by atoms with E-state index in [-0.39, 0.29) is 17.5 Å². The number of methoxy groups -OCH3 is 1. The Balaban J connectivity index is 2.14. The van der Waals surface area contributed by atoms with Crippen LogP contribution >= 0.6 is 0 Å². The number of ether oxygens (including phenoxy) is 1. The zero-order chi connectivity index (χ0) is 13.1. The lowest BCUT2D eigenvalue weighted by Gasteiger charge is -2.14. The van der Waals surface area contributed by atoms with Crippen LogP contribution in [0.2, 0.25) is 0 Å². The second kappa shape index (κ2) is 5.22. The quantitative estimate of drug-likeness (QED) is 0.630. The van der Waals surface area contributed by atoms with E-state index >= 15 is 0 Å². The number of nitro benzene ring substituents is 1. The molecule has 2 rings (SSSR count). The van der Waals surface area contributed by atoms with E-state index in [4.69, 9.17) is 10.5 Å². The lowest BCUT2D eigenvalue weighted by molar-refractivity contribution is -0.385. The summed E-state index contributed by atoms with van der Waals surface area (Å²) in [7, 11) is 1.42. The van der Waals surface area contributed by atoms with Gasteiger partial charge in [-0.25, -0.2) is 0 Å². The summed E-state index contributed by atoms with van der Waals surface area (Å²) in [5.41, 5.74) is 6.55. The van der Waals surface area contributed by atoms with Crippen LogP contribution in [0.25, 0.3) is 0 Å². The van der Waals surface area contributed by atoms with E-state index in [1.165, 1.54) is 13.2 Å². The molecule has 6 nitrogen and oxygen atoms in total. The van der Waals surface area contributed by atoms with Crippen LogP contribution in [0.1, 0.15) is 19.3 Å². The molecule has 0 aliphatic heterocycles. The number of nitrogens with zero attached hydrogens (tertiary/aromatic N) is 1. The van der Waals surface area contributed by atoms with Gasteiger partial charge in [0.2, 0.25) is 0 Å². The molecule has 0 heterocycles. The van der Waals surface area contributed by atoms with Gasteiger partial charge in [-0.1, -0.05) is 0 Å². The second-order valence-electron chi connectivity index (χ2n) is 4.56. The monoisotopic (exact) mass is 251 g/mol. The molecular weight excluding hydrogens is 234 g/mol. The highest BCUT2D eigenvalue weighted by Gasteiger charge is 2.22. The molecule has 0 amide bonds. The first-order valence-corrected chi connectivity index (χ1v) is 5.94. The fourth-order valence-corrected chi connectivity index (χ4v) is 2.31. The highest BCUT2D eigenvalue weighted by atomic mass is 16.6. The van der Waals surface area contributed by atoms with Gasteiger partial charge in [0.15, 0.2) is 5.75 Å². The standard InChI is InChI=1S/C12H17N3O3/c1-18-12-5-4-10(7-11(12)15(16)17)14-9-3-2-8(13)6-9/h4-5,7-9,14H,2-3,6,13H2,1H3. The molecule has 2 unspecified atom stereocenters. The van der Waals surface area contributed by atoms with E-state index in [2.05, 4.69) is 5.32 Å². The fourth-order valence-electron chi connectivity index (χ4n) is 2.31. The molecular formula is C12H17N3O3. The maximum Gasteiger partial charge on any atom is 0.312 e. The summed E-state index contributed by atoms with van der Waals surface area (Å²) >= 11 is 0. The van der Waals surface area contributed by atoms with Crippen LogP contribution in [-0.4, -0.2) is 24.1 Å². The summed E-state index contributed by atoms with van der Waals surface area (Å²) < 4.78 is 4.96. The predicted molar refractivity (Wildman–Crippen MR) is 68.9 cm³/mol. The van der Waals surface area contributed by atoms with Crippen molar-refractivity contribution < 1.29 is 9.66 Å². The van der Waals surface area contributed by atoms with Crippen LogP contribution in [0.15, 0.2) is 18.2 Å². The molecule has 3 N–H and O–H groups in total. The van der Waals surface area contributed by atoms with Crippen molar-refractivity contribution in [1.29, 1.82) is 0 Å². The van der Waals surface area contributed by atoms with Crippen molar-refractivity contribution in [3.63, 3.8) is 0 Å². The zero-order valence-corrected chi connectivity index (χ0v) is 10.3. The number of nitrogens with one attached hydrogen (secondary N) is 1. The van der Waals surface area contributed by atoms with E-state index in [1.807, 2.05) is 0 Å².